The molecule has 0 aromatic carbocycles. The average molecular weight is 422 g/mol. The molecule has 0 atom stereocenters. The first-order valence-corrected chi connectivity index (χ1v) is 12.4. The third-order valence-electron chi connectivity index (χ3n) is 5.46. The van der Waals surface area contributed by atoms with Gasteiger partial charge in [0.25, 0.3) is 0 Å². The number of hydrogen-bond acceptors (Lipinski definition) is 3. The normalized spacial score (nSPS) is 12.4. The number of allylic oxidation sites excluding steroid dienone is 3. The lowest BCUT2D eigenvalue weighted by Crippen LogP contribution is -2.27. The number of rotatable bonds is 20. The van der Waals surface area contributed by atoms with Gasteiger partial charge < -0.3 is 15.1 Å². The van der Waals surface area contributed by atoms with Crippen molar-refractivity contribution >= 4 is 5.91 Å². The molecular weight excluding hydrogens is 370 g/mol. The van der Waals surface area contributed by atoms with E-state index in [0.29, 0.717) is 0 Å². The molecule has 0 aromatic heterocycles. The maximum atomic E-state index is 11.9. The molecule has 0 saturated heterocycles. The van der Waals surface area contributed by atoms with E-state index in [1.54, 1.807) is 6.08 Å². The molecule has 0 spiro atoms. The van der Waals surface area contributed by atoms with Gasteiger partial charge >= 0.3 is 0 Å². The zero-order valence-corrected chi connectivity index (χ0v) is 20.8. The van der Waals surface area contributed by atoms with Crippen LogP contribution in [0.4, 0.5) is 0 Å². The summed E-state index contributed by atoms with van der Waals surface area (Å²) in [7, 11) is 6.40. The molecule has 0 aliphatic rings. The van der Waals surface area contributed by atoms with Crippen LogP contribution in [-0.2, 0) is 4.79 Å². The van der Waals surface area contributed by atoms with E-state index in [4.69, 9.17) is 0 Å². The van der Waals surface area contributed by atoms with E-state index in [0.717, 1.165) is 39.0 Å². The summed E-state index contributed by atoms with van der Waals surface area (Å²) in [6, 6.07) is 0. The van der Waals surface area contributed by atoms with Crippen LogP contribution < -0.4 is 5.32 Å². The summed E-state index contributed by atoms with van der Waals surface area (Å²) in [5.74, 6) is 0.0137. The van der Waals surface area contributed by atoms with Crippen LogP contribution in [0.5, 0.6) is 0 Å². The Kier molecular flexibility index (Phi) is 20.3. The smallest absolute Gasteiger partial charge is 0.243 e. The average Bonchev–Trinajstić information content (AvgIpc) is 2.70. The standard InChI is InChI=1S/C26H51N3O/c1-6-7-8-9-10-11-12-13-18-25(2)19-16-20-26(30)27-21-17-24-29(5)23-15-14-22-28(3)4/h16,19-20H,6-15,17-18,21-24H2,1-5H3,(H,27,30)/b20-16-,25-19+. The number of carbonyl (C=O) groups is 1. The highest BCUT2D eigenvalue weighted by molar-refractivity contribution is 5.87. The Morgan fingerprint density at radius 1 is 0.800 bits per heavy atom. The summed E-state index contributed by atoms with van der Waals surface area (Å²) >= 11 is 0. The lowest BCUT2D eigenvalue weighted by atomic mass is 10.0. The number of nitrogens with one attached hydrogen (secondary N) is 1. The molecule has 0 aromatic rings. The van der Waals surface area contributed by atoms with Crippen molar-refractivity contribution in [1.29, 1.82) is 0 Å². The van der Waals surface area contributed by atoms with Crippen LogP contribution in [-0.4, -0.2) is 63.0 Å². The number of carbonyl (C=O) groups excluding carboxylic acids is 1. The SMILES string of the molecule is CCCCCCCCCC/C(C)=C/C=C\C(=O)NCCCN(C)CCCCN(C)C. The van der Waals surface area contributed by atoms with E-state index in [2.05, 4.69) is 56.2 Å². The van der Waals surface area contributed by atoms with Gasteiger partial charge in [0.05, 0.1) is 0 Å². The molecule has 1 N–H and O–H groups in total. The fourth-order valence-electron chi connectivity index (χ4n) is 3.46. The summed E-state index contributed by atoms with van der Waals surface area (Å²) in [4.78, 5) is 16.5. The molecule has 30 heavy (non-hydrogen) atoms. The molecular formula is C26H51N3O. The van der Waals surface area contributed by atoms with Crippen LogP contribution in [0.3, 0.4) is 0 Å². The van der Waals surface area contributed by atoms with Gasteiger partial charge in [-0.1, -0.05) is 69.6 Å². The van der Waals surface area contributed by atoms with Gasteiger partial charge in [0.1, 0.15) is 0 Å². The zero-order chi connectivity index (χ0) is 22.5. The predicted molar refractivity (Wildman–Crippen MR) is 133 cm³/mol. The van der Waals surface area contributed by atoms with Crippen LogP contribution in [0.15, 0.2) is 23.8 Å². The monoisotopic (exact) mass is 421 g/mol. The Bertz CT molecular complexity index is 457. The van der Waals surface area contributed by atoms with E-state index in [9.17, 15) is 4.79 Å². The molecule has 0 unspecified atom stereocenters. The van der Waals surface area contributed by atoms with E-state index in [1.165, 1.54) is 69.8 Å². The van der Waals surface area contributed by atoms with Gasteiger partial charge in [-0.2, -0.15) is 0 Å². The van der Waals surface area contributed by atoms with Crippen LogP contribution in [0, 0.1) is 0 Å². The highest BCUT2D eigenvalue weighted by Crippen LogP contribution is 2.12. The molecule has 1 amide bonds. The minimum absolute atomic E-state index is 0.0137. The molecule has 0 rings (SSSR count). The number of nitrogens with zero attached hydrogens (tertiary/aromatic N) is 2. The second kappa shape index (κ2) is 21.1. The fourth-order valence-corrected chi connectivity index (χ4v) is 3.46. The maximum Gasteiger partial charge on any atom is 0.243 e. The van der Waals surface area contributed by atoms with Gasteiger partial charge in [-0.15, -0.1) is 0 Å². The second-order valence-corrected chi connectivity index (χ2v) is 9.06. The highest BCUT2D eigenvalue weighted by atomic mass is 16.1. The van der Waals surface area contributed by atoms with Gasteiger partial charge in [-0.25, -0.2) is 0 Å². The van der Waals surface area contributed by atoms with Gasteiger partial charge in [-0.05, 0) is 79.8 Å². The maximum absolute atomic E-state index is 11.9. The predicted octanol–water partition coefficient (Wildman–Crippen LogP) is 5.80. The quantitative estimate of drug-likeness (QED) is 0.153. The van der Waals surface area contributed by atoms with Gasteiger partial charge in [0.15, 0.2) is 0 Å². The third-order valence-corrected chi connectivity index (χ3v) is 5.46. The van der Waals surface area contributed by atoms with Gasteiger partial charge in [-0.3, -0.25) is 4.79 Å². The van der Waals surface area contributed by atoms with Gasteiger partial charge in [0.2, 0.25) is 5.91 Å². The van der Waals surface area contributed by atoms with Crippen LogP contribution in [0.2, 0.25) is 0 Å². The lowest BCUT2D eigenvalue weighted by molar-refractivity contribution is -0.116. The Morgan fingerprint density at radius 2 is 1.40 bits per heavy atom. The van der Waals surface area contributed by atoms with E-state index in [-0.39, 0.29) is 5.91 Å². The minimum atomic E-state index is 0.0137. The first-order chi connectivity index (χ1) is 14.5. The Balaban J connectivity index is 3.65. The van der Waals surface area contributed by atoms with Crippen LogP contribution >= 0.6 is 0 Å². The van der Waals surface area contributed by atoms with Crippen molar-refractivity contribution < 1.29 is 4.79 Å². The molecule has 0 aliphatic carbocycles. The van der Waals surface area contributed by atoms with Crippen molar-refractivity contribution in [2.24, 2.45) is 0 Å². The summed E-state index contributed by atoms with van der Waals surface area (Å²) in [6.07, 6.45) is 21.1. The molecule has 4 heteroatoms. The molecule has 0 radical (unpaired) electrons. The summed E-state index contributed by atoms with van der Waals surface area (Å²) in [5.41, 5.74) is 1.36. The van der Waals surface area contributed by atoms with Crippen molar-refractivity contribution in [3.63, 3.8) is 0 Å². The van der Waals surface area contributed by atoms with Crippen molar-refractivity contribution in [2.75, 3.05) is 47.3 Å². The summed E-state index contributed by atoms with van der Waals surface area (Å²) < 4.78 is 0. The fraction of sp³-hybridized carbons (Fsp3) is 0.808. The van der Waals surface area contributed by atoms with E-state index >= 15 is 0 Å². The summed E-state index contributed by atoms with van der Waals surface area (Å²) in [6.45, 7) is 8.49. The first kappa shape index (κ1) is 28.9. The summed E-state index contributed by atoms with van der Waals surface area (Å²) in [5, 5.41) is 2.99. The number of hydrogen-bond donors (Lipinski definition) is 1. The van der Waals surface area contributed by atoms with Gasteiger partial charge in [0, 0.05) is 12.6 Å². The van der Waals surface area contributed by atoms with Crippen LogP contribution in [0.1, 0.15) is 90.9 Å². The van der Waals surface area contributed by atoms with Crippen molar-refractivity contribution in [3.05, 3.63) is 23.8 Å². The van der Waals surface area contributed by atoms with Crippen molar-refractivity contribution in [1.82, 2.24) is 15.1 Å². The molecule has 0 saturated carbocycles. The Labute approximate surface area is 188 Å². The molecule has 176 valence electrons. The van der Waals surface area contributed by atoms with Crippen LogP contribution in [0.25, 0.3) is 0 Å². The first-order valence-electron chi connectivity index (χ1n) is 12.4. The Morgan fingerprint density at radius 3 is 2.07 bits per heavy atom. The number of amides is 1. The lowest BCUT2D eigenvalue weighted by Gasteiger charge is -2.17. The second-order valence-electron chi connectivity index (χ2n) is 9.06. The third kappa shape index (κ3) is 21.6. The largest absolute Gasteiger partial charge is 0.353 e. The molecule has 0 heterocycles. The van der Waals surface area contributed by atoms with E-state index < -0.39 is 0 Å². The van der Waals surface area contributed by atoms with Crippen molar-refractivity contribution in [3.8, 4) is 0 Å². The minimum Gasteiger partial charge on any atom is -0.353 e. The molecule has 0 bridgehead atoms. The zero-order valence-electron chi connectivity index (χ0n) is 20.8. The molecule has 4 nitrogen and oxygen atoms in total. The molecule has 0 fully saturated rings. The van der Waals surface area contributed by atoms with E-state index in [1.807, 2.05) is 6.08 Å². The Hall–Kier alpha value is -1.13. The van der Waals surface area contributed by atoms with Crippen molar-refractivity contribution in [2.45, 2.75) is 90.9 Å². The topological polar surface area (TPSA) is 35.6 Å². The number of unbranched alkanes of at least 4 members (excludes halogenated alkanes) is 8. The highest BCUT2D eigenvalue weighted by Gasteiger charge is 2.00. The molecule has 0 aliphatic heterocycles.